The second-order valence-corrected chi connectivity index (χ2v) is 4.67. The highest BCUT2D eigenvalue weighted by Crippen LogP contribution is 2.20. The lowest BCUT2D eigenvalue weighted by Gasteiger charge is -2.32. The van der Waals surface area contributed by atoms with Crippen LogP contribution in [0.25, 0.3) is 0 Å². The molecule has 0 unspecified atom stereocenters. The van der Waals surface area contributed by atoms with Gasteiger partial charge in [0.25, 0.3) is 5.91 Å². The fourth-order valence-corrected chi connectivity index (χ4v) is 2.34. The van der Waals surface area contributed by atoms with E-state index in [0.29, 0.717) is 31.0 Å². The monoisotopic (exact) mass is 278 g/mol. The molecule has 1 amide bonds. The van der Waals surface area contributed by atoms with E-state index in [4.69, 9.17) is 4.74 Å². The molecule has 1 N–H and O–H groups in total. The summed E-state index contributed by atoms with van der Waals surface area (Å²) in [5, 5.41) is 9.19. The highest BCUT2D eigenvalue weighted by atomic mass is 16.5. The molecule has 0 radical (unpaired) electrons. The maximum absolute atomic E-state index is 12.4. The Bertz CT molecular complexity index is 486. The first-order valence-electron chi connectivity index (χ1n) is 6.76. The standard InChI is InChI=1S/C14H18N2O4/c1-2-20-12-7-6-10(9-15-12)13(17)16-8-4-3-5-11(16)14(18)19/h6-7,9,11H,2-5,8H2,1H3,(H,18,19)/t11-/m1/s1. The van der Waals surface area contributed by atoms with Gasteiger partial charge in [-0.2, -0.15) is 0 Å². The molecular weight excluding hydrogens is 260 g/mol. The van der Waals surface area contributed by atoms with E-state index in [1.165, 1.54) is 11.1 Å². The maximum Gasteiger partial charge on any atom is 0.326 e. The first-order chi connectivity index (χ1) is 9.63. The van der Waals surface area contributed by atoms with E-state index in [9.17, 15) is 14.7 Å². The number of nitrogens with zero attached hydrogens (tertiary/aromatic N) is 2. The van der Waals surface area contributed by atoms with Gasteiger partial charge in [-0.05, 0) is 32.3 Å². The lowest BCUT2D eigenvalue weighted by Crippen LogP contribution is -2.48. The van der Waals surface area contributed by atoms with E-state index in [2.05, 4.69) is 4.98 Å². The van der Waals surface area contributed by atoms with E-state index < -0.39 is 12.0 Å². The van der Waals surface area contributed by atoms with Gasteiger partial charge in [-0.3, -0.25) is 4.79 Å². The second-order valence-electron chi connectivity index (χ2n) is 4.67. The summed E-state index contributed by atoms with van der Waals surface area (Å²) >= 11 is 0. The predicted octanol–water partition coefficient (Wildman–Crippen LogP) is 1.56. The van der Waals surface area contributed by atoms with Gasteiger partial charge in [0, 0.05) is 18.8 Å². The van der Waals surface area contributed by atoms with Crippen LogP contribution in [0.5, 0.6) is 5.88 Å². The van der Waals surface area contributed by atoms with E-state index in [-0.39, 0.29) is 5.91 Å². The largest absolute Gasteiger partial charge is 0.480 e. The van der Waals surface area contributed by atoms with Crippen molar-refractivity contribution >= 4 is 11.9 Å². The number of likely N-dealkylation sites (tertiary alicyclic amines) is 1. The Morgan fingerprint density at radius 3 is 2.85 bits per heavy atom. The van der Waals surface area contributed by atoms with E-state index in [1.807, 2.05) is 6.92 Å². The highest BCUT2D eigenvalue weighted by molar-refractivity contribution is 5.96. The second kappa shape index (κ2) is 6.36. The lowest BCUT2D eigenvalue weighted by molar-refractivity contribution is -0.143. The van der Waals surface area contributed by atoms with Crippen molar-refractivity contribution in [1.82, 2.24) is 9.88 Å². The average Bonchev–Trinajstić information content (AvgIpc) is 2.47. The molecule has 0 aliphatic carbocycles. The summed E-state index contributed by atoms with van der Waals surface area (Å²) in [6, 6.07) is 2.51. The summed E-state index contributed by atoms with van der Waals surface area (Å²) in [4.78, 5) is 29.0. The zero-order valence-electron chi connectivity index (χ0n) is 11.4. The Morgan fingerprint density at radius 1 is 1.45 bits per heavy atom. The first-order valence-corrected chi connectivity index (χ1v) is 6.76. The number of hydrogen-bond donors (Lipinski definition) is 1. The summed E-state index contributed by atoms with van der Waals surface area (Å²) in [5.74, 6) is -0.776. The Hall–Kier alpha value is -2.11. The lowest BCUT2D eigenvalue weighted by atomic mass is 10.0. The molecule has 1 saturated heterocycles. The number of ether oxygens (including phenoxy) is 1. The number of pyridine rings is 1. The number of aliphatic carboxylic acids is 1. The molecule has 6 nitrogen and oxygen atoms in total. The molecule has 6 heteroatoms. The summed E-state index contributed by atoms with van der Waals surface area (Å²) < 4.78 is 5.22. The smallest absolute Gasteiger partial charge is 0.326 e. The fourth-order valence-electron chi connectivity index (χ4n) is 2.34. The van der Waals surface area contributed by atoms with Crippen LogP contribution in [-0.2, 0) is 4.79 Å². The molecule has 1 aliphatic heterocycles. The van der Waals surface area contributed by atoms with Gasteiger partial charge in [-0.25, -0.2) is 9.78 Å². The zero-order chi connectivity index (χ0) is 14.5. The minimum atomic E-state index is -0.947. The molecule has 0 bridgehead atoms. The number of carbonyl (C=O) groups excluding carboxylic acids is 1. The molecule has 2 rings (SSSR count). The number of piperidine rings is 1. The fraction of sp³-hybridized carbons (Fsp3) is 0.500. The summed E-state index contributed by atoms with van der Waals surface area (Å²) in [6.45, 7) is 2.84. The summed E-state index contributed by atoms with van der Waals surface area (Å²) in [6.07, 6.45) is 3.61. The average molecular weight is 278 g/mol. The number of rotatable bonds is 4. The zero-order valence-corrected chi connectivity index (χ0v) is 11.4. The van der Waals surface area contributed by atoms with Crippen molar-refractivity contribution in [1.29, 1.82) is 0 Å². The van der Waals surface area contributed by atoms with Crippen LogP contribution in [-0.4, -0.2) is 46.1 Å². The SMILES string of the molecule is CCOc1ccc(C(=O)N2CCCC[C@@H]2C(=O)O)cn1. The van der Waals surface area contributed by atoms with Crippen molar-refractivity contribution in [2.24, 2.45) is 0 Å². The summed E-state index contributed by atoms with van der Waals surface area (Å²) in [7, 11) is 0. The van der Waals surface area contributed by atoms with Gasteiger partial charge in [-0.15, -0.1) is 0 Å². The van der Waals surface area contributed by atoms with Crippen LogP contribution in [0.4, 0.5) is 0 Å². The number of amides is 1. The van der Waals surface area contributed by atoms with Gasteiger partial charge in [0.1, 0.15) is 6.04 Å². The Kier molecular flexibility index (Phi) is 4.55. The van der Waals surface area contributed by atoms with Crippen LogP contribution in [0.1, 0.15) is 36.5 Å². The number of hydrogen-bond acceptors (Lipinski definition) is 4. The van der Waals surface area contributed by atoms with E-state index in [1.54, 1.807) is 12.1 Å². The minimum Gasteiger partial charge on any atom is -0.480 e. The van der Waals surface area contributed by atoms with Gasteiger partial charge in [0.05, 0.1) is 12.2 Å². The van der Waals surface area contributed by atoms with Crippen LogP contribution < -0.4 is 4.74 Å². The van der Waals surface area contributed by atoms with Crippen LogP contribution in [0.2, 0.25) is 0 Å². The predicted molar refractivity (Wildman–Crippen MR) is 71.7 cm³/mol. The first kappa shape index (κ1) is 14.3. The van der Waals surface area contributed by atoms with Gasteiger partial charge >= 0.3 is 5.97 Å². The van der Waals surface area contributed by atoms with Crippen LogP contribution >= 0.6 is 0 Å². The van der Waals surface area contributed by atoms with Crippen molar-refractivity contribution in [3.05, 3.63) is 23.9 Å². The molecule has 2 heterocycles. The van der Waals surface area contributed by atoms with E-state index in [0.717, 1.165) is 12.8 Å². The third-order valence-corrected chi connectivity index (χ3v) is 3.32. The van der Waals surface area contributed by atoms with Crippen LogP contribution in [0.15, 0.2) is 18.3 Å². The highest BCUT2D eigenvalue weighted by Gasteiger charge is 2.32. The van der Waals surface area contributed by atoms with Crippen molar-refractivity contribution in [3.63, 3.8) is 0 Å². The molecule has 0 spiro atoms. The molecule has 0 aromatic carbocycles. The van der Waals surface area contributed by atoms with E-state index >= 15 is 0 Å². The molecule has 1 aromatic rings. The number of carbonyl (C=O) groups is 2. The van der Waals surface area contributed by atoms with Crippen molar-refractivity contribution in [2.75, 3.05) is 13.2 Å². The molecule has 1 aromatic heterocycles. The molecule has 1 aliphatic rings. The van der Waals surface area contributed by atoms with Crippen molar-refractivity contribution in [2.45, 2.75) is 32.2 Å². The molecule has 108 valence electrons. The molecule has 1 fully saturated rings. The normalized spacial score (nSPS) is 18.6. The van der Waals surface area contributed by atoms with Crippen molar-refractivity contribution in [3.8, 4) is 5.88 Å². The number of aromatic nitrogens is 1. The number of carboxylic acid groups (broad SMARTS) is 1. The van der Waals surface area contributed by atoms with Gasteiger partial charge in [0.15, 0.2) is 0 Å². The molecule has 1 atom stereocenters. The number of carboxylic acids is 1. The maximum atomic E-state index is 12.4. The summed E-state index contributed by atoms with van der Waals surface area (Å²) in [5.41, 5.74) is 0.390. The third-order valence-electron chi connectivity index (χ3n) is 3.32. The van der Waals surface area contributed by atoms with Gasteiger partial charge < -0.3 is 14.7 Å². The Labute approximate surface area is 117 Å². The van der Waals surface area contributed by atoms with Gasteiger partial charge in [-0.1, -0.05) is 0 Å². The third kappa shape index (κ3) is 3.07. The molecular formula is C14H18N2O4. The van der Waals surface area contributed by atoms with Gasteiger partial charge in [0.2, 0.25) is 5.88 Å². The van der Waals surface area contributed by atoms with Crippen LogP contribution in [0, 0.1) is 0 Å². The van der Waals surface area contributed by atoms with Crippen molar-refractivity contribution < 1.29 is 19.4 Å². The topological polar surface area (TPSA) is 79.7 Å². The van der Waals surface area contributed by atoms with Crippen LogP contribution in [0.3, 0.4) is 0 Å². The molecule has 0 saturated carbocycles. The Morgan fingerprint density at radius 2 is 2.25 bits per heavy atom. The quantitative estimate of drug-likeness (QED) is 0.904. The minimum absolute atomic E-state index is 0.285. The molecule has 20 heavy (non-hydrogen) atoms. The Balaban J connectivity index is 2.14.